The van der Waals surface area contributed by atoms with Gasteiger partial charge in [0, 0.05) is 11.6 Å². The third-order valence-electron chi connectivity index (χ3n) is 1.70. The zero-order valence-corrected chi connectivity index (χ0v) is 8.16. The molecule has 2 aromatic heterocycles. The van der Waals surface area contributed by atoms with Crippen molar-refractivity contribution in [1.82, 2.24) is 9.97 Å². The highest BCUT2D eigenvalue weighted by atomic mass is 32.1. The quantitative estimate of drug-likeness (QED) is 0.748. The van der Waals surface area contributed by atoms with Crippen molar-refractivity contribution in [2.45, 2.75) is 6.42 Å². The van der Waals surface area contributed by atoms with E-state index in [1.165, 1.54) is 11.3 Å². The molecule has 0 spiro atoms. The largest absolute Gasteiger partial charge is 0.254 e. The zero-order valence-electron chi connectivity index (χ0n) is 7.34. The second-order valence-electron chi connectivity index (χ2n) is 2.69. The second kappa shape index (κ2) is 3.99. The Hall–Kier alpha value is -1.73. The molecule has 0 N–H and O–H groups in total. The van der Waals surface area contributed by atoms with Crippen LogP contribution in [0.2, 0.25) is 0 Å². The Morgan fingerprint density at radius 2 is 2.36 bits per heavy atom. The van der Waals surface area contributed by atoms with E-state index >= 15 is 0 Å². The van der Waals surface area contributed by atoms with Gasteiger partial charge in [0.15, 0.2) is 0 Å². The molecule has 68 valence electrons. The van der Waals surface area contributed by atoms with Gasteiger partial charge in [0.2, 0.25) is 0 Å². The Kier molecular flexibility index (Phi) is 2.52. The highest BCUT2D eigenvalue weighted by Gasteiger charge is 2.04. The predicted molar refractivity (Wildman–Crippen MR) is 54.7 cm³/mol. The first-order valence-corrected chi connectivity index (χ1v) is 5.01. The van der Waals surface area contributed by atoms with Crippen molar-refractivity contribution in [1.29, 1.82) is 5.26 Å². The number of hydrogen-bond donors (Lipinski definition) is 0. The van der Waals surface area contributed by atoms with Crippen molar-refractivity contribution in [2.75, 3.05) is 0 Å². The van der Waals surface area contributed by atoms with E-state index in [9.17, 15) is 0 Å². The summed E-state index contributed by atoms with van der Waals surface area (Å²) in [6, 6.07) is 7.78. The molecule has 0 radical (unpaired) electrons. The zero-order chi connectivity index (χ0) is 9.80. The third kappa shape index (κ3) is 1.78. The SMILES string of the molecule is N#CCc1csc(-c2ccccn2)n1. The van der Waals surface area contributed by atoms with E-state index in [0.717, 1.165) is 16.4 Å². The van der Waals surface area contributed by atoms with Crippen LogP contribution in [0.4, 0.5) is 0 Å². The lowest BCUT2D eigenvalue weighted by atomic mass is 10.3. The van der Waals surface area contributed by atoms with Crippen LogP contribution in [0.5, 0.6) is 0 Å². The Balaban J connectivity index is 2.31. The number of aromatic nitrogens is 2. The standard InChI is InChI=1S/C10H7N3S/c11-5-4-8-7-14-10(13-8)9-3-1-2-6-12-9/h1-3,6-7H,4H2. The Morgan fingerprint density at radius 1 is 1.43 bits per heavy atom. The average molecular weight is 201 g/mol. The van der Waals surface area contributed by atoms with Gasteiger partial charge in [-0.15, -0.1) is 11.3 Å². The van der Waals surface area contributed by atoms with Gasteiger partial charge in [0.25, 0.3) is 0 Å². The number of nitriles is 1. The number of rotatable bonds is 2. The van der Waals surface area contributed by atoms with Crippen LogP contribution in [0.25, 0.3) is 10.7 Å². The van der Waals surface area contributed by atoms with Gasteiger partial charge in [-0.05, 0) is 12.1 Å². The summed E-state index contributed by atoms with van der Waals surface area (Å²) in [6.45, 7) is 0. The van der Waals surface area contributed by atoms with Gasteiger partial charge >= 0.3 is 0 Å². The van der Waals surface area contributed by atoms with E-state index in [-0.39, 0.29) is 0 Å². The Bertz CT molecular complexity index is 456. The molecule has 0 amide bonds. The molecule has 0 saturated carbocycles. The molecule has 0 atom stereocenters. The molecule has 0 unspecified atom stereocenters. The Labute approximate surface area is 85.7 Å². The first kappa shape index (κ1) is 8.85. The lowest BCUT2D eigenvalue weighted by Gasteiger charge is -1.91. The Morgan fingerprint density at radius 3 is 3.07 bits per heavy atom. The van der Waals surface area contributed by atoms with Crippen LogP contribution in [-0.2, 0) is 6.42 Å². The van der Waals surface area contributed by atoms with Gasteiger partial charge in [-0.2, -0.15) is 5.26 Å². The first-order chi connectivity index (χ1) is 6.90. The summed E-state index contributed by atoms with van der Waals surface area (Å²) in [4.78, 5) is 8.49. The van der Waals surface area contributed by atoms with Crippen molar-refractivity contribution in [3.8, 4) is 16.8 Å². The van der Waals surface area contributed by atoms with E-state index in [4.69, 9.17) is 5.26 Å². The molecule has 14 heavy (non-hydrogen) atoms. The van der Waals surface area contributed by atoms with Gasteiger partial charge in [-0.3, -0.25) is 4.98 Å². The summed E-state index contributed by atoms with van der Waals surface area (Å²) in [5.74, 6) is 0. The van der Waals surface area contributed by atoms with Crippen molar-refractivity contribution in [3.63, 3.8) is 0 Å². The highest BCUT2D eigenvalue weighted by Crippen LogP contribution is 2.21. The van der Waals surface area contributed by atoms with Crippen LogP contribution in [0.1, 0.15) is 5.69 Å². The topological polar surface area (TPSA) is 49.6 Å². The molecule has 0 aliphatic rings. The van der Waals surface area contributed by atoms with Crippen LogP contribution < -0.4 is 0 Å². The number of hydrogen-bond acceptors (Lipinski definition) is 4. The predicted octanol–water partition coefficient (Wildman–Crippen LogP) is 2.27. The van der Waals surface area contributed by atoms with E-state index in [0.29, 0.717) is 6.42 Å². The highest BCUT2D eigenvalue weighted by molar-refractivity contribution is 7.13. The maximum absolute atomic E-state index is 8.50. The van der Waals surface area contributed by atoms with Gasteiger partial charge in [0.05, 0.1) is 23.9 Å². The molecule has 4 heteroatoms. The van der Waals surface area contributed by atoms with Crippen molar-refractivity contribution < 1.29 is 0 Å². The molecular formula is C10H7N3S. The fraction of sp³-hybridized carbons (Fsp3) is 0.100. The lowest BCUT2D eigenvalue weighted by molar-refractivity contribution is 1.15. The maximum atomic E-state index is 8.50. The summed E-state index contributed by atoms with van der Waals surface area (Å²) < 4.78 is 0. The van der Waals surface area contributed by atoms with Gasteiger partial charge in [0.1, 0.15) is 5.01 Å². The summed E-state index contributed by atoms with van der Waals surface area (Å²) in [5.41, 5.74) is 1.68. The monoisotopic (exact) mass is 201 g/mol. The molecule has 3 nitrogen and oxygen atoms in total. The molecule has 2 heterocycles. The van der Waals surface area contributed by atoms with Crippen LogP contribution in [0.15, 0.2) is 29.8 Å². The first-order valence-electron chi connectivity index (χ1n) is 4.13. The molecule has 0 aliphatic heterocycles. The minimum atomic E-state index is 0.364. The number of nitrogens with zero attached hydrogens (tertiary/aromatic N) is 3. The maximum Gasteiger partial charge on any atom is 0.142 e. The van der Waals surface area contributed by atoms with Crippen molar-refractivity contribution in [3.05, 3.63) is 35.5 Å². The third-order valence-corrected chi connectivity index (χ3v) is 2.61. The van der Waals surface area contributed by atoms with Gasteiger partial charge in [-0.1, -0.05) is 6.07 Å². The summed E-state index contributed by atoms with van der Waals surface area (Å²) >= 11 is 1.52. The second-order valence-corrected chi connectivity index (χ2v) is 3.55. The molecule has 0 bridgehead atoms. The molecular weight excluding hydrogens is 194 g/mol. The van der Waals surface area contributed by atoms with Gasteiger partial charge in [-0.25, -0.2) is 4.98 Å². The number of thiazole rings is 1. The minimum Gasteiger partial charge on any atom is -0.254 e. The molecule has 2 rings (SSSR count). The van der Waals surface area contributed by atoms with Crippen LogP contribution in [0.3, 0.4) is 0 Å². The molecule has 0 aliphatic carbocycles. The fourth-order valence-corrected chi connectivity index (χ4v) is 1.87. The van der Waals surface area contributed by atoms with Crippen molar-refractivity contribution in [2.24, 2.45) is 0 Å². The van der Waals surface area contributed by atoms with Crippen LogP contribution in [-0.4, -0.2) is 9.97 Å². The van der Waals surface area contributed by atoms with E-state index in [1.54, 1.807) is 6.20 Å². The van der Waals surface area contributed by atoms with Crippen LogP contribution >= 0.6 is 11.3 Å². The summed E-state index contributed by atoms with van der Waals surface area (Å²) in [5, 5.41) is 11.3. The molecule has 0 aromatic carbocycles. The lowest BCUT2D eigenvalue weighted by Crippen LogP contribution is -1.83. The van der Waals surface area contributed by atoms with Gasteiger partial charge < -0.3 is 0 Å². The fourth-order valence-electron chi connectivity index (χ4n) is 1.08. The normalized spacial score (nSPS) is 9.64. The van der Waals surface area contributed by atoms with E-state index in [2.05, 4.69) is 16.0 Å². The smallest absolute Gasteiger partial charge is 0.142 e. The molecule has 2 aromatic rings. The number of pyridine rings is 1. The van der Waals surface area contributed by atoms with Crippen LogP contribution in [0, 0.1) is 11.3 Å². The minimum absolute atomic E-state index is 0.364. The average Bonchev–Trinajstić information content (AvgIpc) is 2.68. The van der Waals surface area contributed by atoms with E-state index in [1.807, 2.05) is 23.6 Å². The molecule has 0 saturated heterocycles. The molecule has 0 fully saturated rings. The van der Waals surface area contributed by atoms with Crippen molar-refractivity contribution >= 4 is 11.3 Å². The van der Waals surface area contributed by atoms with E-state index < -0.39 is 0 Å². The summed E-state index contributed by atoms with van der Waals surface area (Å²) in [6.07, 6.45) is 2.10. The summed E-state index contributed by atoms with van der Waals surface area (Å²) in [7, 11) is 0.